The fraction of sp³-hybridized carbons (Fsp3) is 0.636. The lowest BCUT2D eigenvalue weighted by Gasteiger charge is -2.15. The summed E-state index contributed by atoms with van der Waals surface area (Å²) < 4.78 is 0. The van der Waals surface area contributed by atoms with Crippen LogP contribution < -0.4 is 0 Å². The minimum absolute atomic E-state index is 0.305. The third kappa shape index (κ3) is 3.73. The Hall–Kier alpha value is -1.32. The maximum atomic E-state index is 11.0. The first-order valence-electron chi connectivity index (χ1n) is 5.33. The van der Waals surface area contributed by atoms with Gasteiger partial charge in [-0.05, 0) is 12.3 Å². The Kier molecular flexibility index (Phi) is 4.34. The summed E-state index contributed by atoms with van der Waals surface area (Å²) in [5.74, 6) is -0.570. The van der Waals surface area contributed by atoms with Crippen LogP contribution in [0.15, 0.2) is 12.5 Å². The van der Waals surface area contributed by atoms with Crippen molar-refractivity contribution in [3.8, 4) is 0 Å². The van der Waals surface area contributed by atoms with Crippen molar-refractivity contribution >= 4 is 5.97 Å². The maximum absolute atomic E-state index is 11.0. The molecule has 84 valence electrons. The zero-order chi connectivity index (χ0) is 11.3. The lowest BCUT2D eigenvalue weighted by atomic mass is 9.91. The van der Waals surface area contributed by atoms with E-state index in [1.807, 2.05) is 0 Å². The molecule has 0 aliphatic rings. The molecule has 2 unspecified atom stereocenters. The summed E-state index contributed by atoms with van der Waals surface area (Å²) in [4.78, 5) is 17.9. The summed E-state index contributed by atoms with van der Waals surface area (Å²) >= 11 is 0. The predicted molar refractivity (Wildman–Crippen MR) is 57.5 cm³/mol. The third-order valence-corrected chi connectivity index (χ3v) is 2.75. The molecule has 0 bridgehead atoms. The molecule has 2 N–H and O–H groups in total. The molecule has 15 heavy (non-hydrogen) atoms. The highest BCUT2D eigenvalue weighted by Gasteiger charge is 2.20. The summed E-state index contributed by atoms with van der Waals surface area (Å²) in [5, 5.41) is 9.08. The molecule has 4 nitrogen and oxygen atoms in total. The number of hydrogen-bond donors (Lipinski definition) is 2. The second kappa shape index (κ2) is 5.53. The Balaban J connectivity index is 2.55. The molecule has 1 aromatic heterocycles. The van der Waals surface area contributed by atoms with E-state index < -0.39 is 5.97 Å². The smallest absolute Gasteiger partial charge is 0.306 e. The molecular formula is C11H18N2O2. The first-order valence-corrected chi connectivity index (χ1v) is 5.33. The van der Waals surface area contributed by atoms with E-state index in [1.54, 1.807) is 12.5 Å². The second-order valence-corrected chi connectivity index (χ2v) is 4.07. The quantitative estimate of drug-likeness (QED) is 0.755. The number of nitrogens with one attached hydrogen (secondary N) is 1. The minimum Gasteiger partial charge on any atom is -0.481 e. The molecule has 0 aliphatic heterocycles. The Labute approximate surface area is 89.7 Å². The number of aromatic amines is 1. The highest BCUT2D eigenvalue weighted by Crippen LogP contribution is 2.18. The van der Waals surface area contributed by atoms with Gasteiger partial charge in [-0.3, -0.25) is 4.79 Å². The van der Waals surface area contributed by atoms with Crippen LogP contribution in [0.2, 0.25) is 0 Å². The lowest BCUT2D eigenvalue weighted by molar-refractivity contribution is -0.142. The monoisotopic (exact) mass is 210 g/mol. The van der Waals surface area contributed by atoms with Crippen molar-refractivity contribution in [1.82, 2.24) is 9.97 Å². The summed E-state index contributed by atoms with van der Waals surface area (Å²) in [6, 6.07) is 0. The maximum Gasteiger partial charge on any atom is 0.306 e. The molecular weight excluding hydrogens is 192 g/mol. The van der Waals surface area contributed by atoms with Gasteiger partial charge in [0.15, 0.2) is 0 Å². The molecule has 1 heterocycles. The van der Waals surface area contributed by atoms with Gasteiger partial charge in [0, 0.05) is 18.3 Å². The third-order valence-electron chi connectivity index (χ3n) is 2.75. The van der Waals surface area contributed by atoms with Crippen molar-refractivity contribution in [2.45, 2.75) is 33.1 Å². The first kappa shape index (κ1) is 11.8. The number of hydrogen-bond acceptors (Lipinski definition) is 2. The van der Waals surface area contributed by atoms with Crippen LogP contribution in [0.25, 0.3) is 0 Å². The number of carbonyl (C=O) groups is 1. The van der Waals surface area contributed by atoms with Crippen LogP contribution in [-0.2, 0) is 11.2 Å². The van der Waals surface area contributed by atoms with Gasteiger partial charge in [-0.1, -0.05) is 20.3 Å². The van der Waals surface area contributed by atoms with Gasteiger partial charge in [0.25, 0.3) is 0 Å². The zero-order valence-electron chi connectivity index (χ0n) is 9.23. The Morgan fingerprint density at radius 1 is 1.67 bits per heavy atom. The van der Waals surface area contributed by atoms with Crippen molar-refractivity contribution in [2.75, 3.05) is 0 Å². The number of aromatic nitrogens is 2. The largest absolute Gasteiger partial charge is 0.481 e. The van der Waals surface area contributed by atoms with Gasteiger partial charge in [-0.25, -0.2) is 4.98 Å². The van der Waals surface area contributed by atoms with Gasteiger partial charge in [0.2, 0.25) is 0 Å². The number of carboxylic acids is 1. The Morgan fingerprint density at radius 3 is 2.87 bits per heavy atom. The number of aliphatic carboxylic acids is 1. The molecule has 0 saturated heterocycles. The summed E-state index contributed by atoms with van der Waals surface area (Å²) in [6.45, 7) is 4.17. The van der Waals surface area contributed by atoms with Crippen LogP contribution in [0, 0.1) is 11.8 Å². The molecule has 2 atom stereocenters. The van der Waals surface area contributed by atoms with Crippen LogP contribution in [0.4, 0.5) is 0 Å². The molecule has 4 heteroatoms. The van der Waals surface area contributed by atoms with E-state index in [-0.39, 0.29) is 5.92 Å². The van der Waals surface area contributed by atoms with Gasteiger partial charge >= 0.3 is 5.97 Å². The zero-order valence-corrected chi connectivity index (χ0v) is 9.23. The van der Waals surface area contributed by atoms with Gasteiger partial charge < -0.3 is 10.1 Å². The molecule has 0 radical (unpaired) electrons. The first-order chi connectivity index (χ1) is 7.13. The van der Waals surface area contributed by atoms with Crippen molar-refractivity contribution in [3.05, 3.63) is 18.2 Å². The molecule has 0 aliphatic carbocycles. The van der Waals surface area contributed by atoms with Crippen molar-refractivity contribution in [1.29, 1.82) is 0 Å². The molecule has 0 fully saturated rings. The van der Waals surface area contributed by atoms with E-state index in [1.165, 1.54) is 0 Å². The van der Waals surface area contributed by atoms with E-state index in [2.05, 4.69) is 23.8 Å². The number of nitrogens with zero attached hydrogens (tertiary/aromatic N) is 1. The van der Waals surface area contributed by atoms with E-state index in [0.717, 1.165) is 18.5 Å². The summed E-state index contributed by atoms with van der Waals surface area (Å²) in [5.41, 5.74) is 0.894. The van der Waals surface area contributed by atoms with E-state index >= 15 is 0 Å². The summed E-state index contributed by atoms with van der Waals surface area (Å²) in [6.07, 6.45) is 5.56. The van der Waals surface area contributed by atoms with Crippen LogP contribution >= 0.6 is 0 Å². The summed E-state index contributed by atoms with van der Waals surface area (Å²) in [7, 11) is 0. The Morgan fingerprint density at radius 2 is 2.40 bits per heavy atom. The number of rotatable bonds is 6. The molecule has 0 spiro atoms. The molecule has 0 saturated carbocycles. The molecule has 0 amide bonds. The van der Waals surface area contributed by atoms with Crippen LogP contribution in [0.1, 0.15) is 32.4 Å². The average Bonchev–Trinajstić information content (AvgIpc) is 2.69. The SMILES string of the molecule is CCC(C)CC(Cc1cnc[nH]1)C(=O)O. The lowest BCUT2D eigenvalue weighted by Crippen LogP contribution is -2.19. The van der Waals surface area contributed by atoms with Gasteiger partial charge in [0.1, 0.15) is 0 Å². The number of carboxylic acid groups (broad SMARTS) is 1. The second-order valence-electron chi connectivity index (χ2n) is 4.07. The van der Waals surface area contributed by atoms with Crippen molar-refractivity contribution in [3.63, 3.8) is 0 Å². The van der Waals surface area contributed by atoms with Crippen molar-refractivity contribution in [2.24, 2.45) is 11.8 Å². The highest BCUT2D eigenvalue weighted by atomic mass is 16.4. The number of imidazole rings is 1. The van der Waals surface area contributed by atoms with Crippen LogP contribution in [0.3, 0.4) is 0 Å². The number of H-pyrrole nitrogens is 1. The molecule has 1 rings (SSSR count). The fourth-order valence-electron chi connectivity index (χ4n) is 1.59. The molecule has 1 aromatic rings. The Bertz CT molecular complexity index is 296. The predicted octanol–water partition coefficient (Wildman–Crippen LogP) is 2.09. The molecule has 0 aromatic carbocycles. The van der Waals surface area contributed by atoms with Crippen molar-refractivity contribution < 1.29 is 9.90 Å². The van der Waals surface area contributed by atoms with Crippen LogP contribution in [0.5, 0.6) is 0 Å². The fourth-order valence-corrected chi connectivity index (χ4v) is 1.59. The average molecular weight is 210 g/mol. The van der Waals surface area contributed by atoms with Gasteiger partial charge in [-0.15, -0.1) is 0 Å². The minimum atomic E-state index is -0.718. The van der Waals surface area contributed by atoms with Gasteiger partial charge in [0.05, 0.1) is 12.2 Å². The van der Waals surface area contributed by atoms with E-state index in [4.69, 9.17) is 5.11 Å². The standard InChI is InChI=1S/C11H18N2O2/c1-3-8(2)4-9(11(14)15)5-10-6-12-7-13-10/h6-9H,3-5H2,1-2H3,(H,12,13)(H,14,15). The highest BCUT2D eigenvalue weighted by molar-refractivity contribution is 5.70. The van der Waals surface area contributed by atoms with E-state index in [9.17, 15) is 4.79 Å². The van der Waals surface area contributed by atoms with Crippen LogP contribution in [-0.4, -0.2) is 21.0 Å². The topological polar surface area (TPSA) is 66.0 Å². The van der Waals surface area contributed by atoms with E-state index in [0.29, 0.717) is 12.3 Å². The van der Waals surface area contributed by atoms with Gasteiger partial charge in [-0.2, -0.15) is 0 Å². The normalized spacial score (nSPS) is 14.8.